The van der Waals surface area contributed by atoms with Crippen molar-refractivity contribution in [3.8, 4) is 17.2 Å². The molecule has 0 fully saturated rings. The molecule has 0 aliphatic carbocycles. The molecule has 2 aromatic heterocycles. The summed E-state index contributed by atoms with van der Waals surface area (Å²) in [4.78, 5) is 15.5. The first-order chi connectivity index (χ1) is 10.1. The van der Waals surface area contributed by atoms with Gasteiger partial charge in [0.2, 0.25) is 0 Å². The largest absolute Gasteiger partial charge is 0.481 e. The van der Waals surface area contributed by atoms with E-state index in [-0.39, 0.29) is 0 Å². The van der Waals surface area contributed by atoms with Gasteiger partial charge in [-0.3, -0.25) is 14.5 Å². The first-order valence-electron chi connectivity index (χ1n) is 6.68. The lowest BCUT2D eigenvalue weighted by Gasteiger charge is -2.12. The lowest BCUT2D eigenvalue weighted by Crippen LogP contribution is -2.11. The van der Waals surface area contributed by atoms with Crippen LogP contribution in [-0.2, 0) is 11.8 Å². The van der Waals surface area contributed by atoms with Gasteiger partial charge in [-0.1, -0.05) is 13.3 Å². The molecule has 0 saturated carbocycles. The molecule has 2 heterocycles. The smallest absolute Gasteiger partial charge is 0.311 e. The van der Waals surface area contributed by atoms with Crippen molar-refractivity contribution >= 4 is 5.97 Å². The van der Waals surface area contributed by atoms with Gasteiger partial charge in [-0.05, 0) is 18.1 Å². The summed E-state index contributed by atoms with van der Waals surface area (Å²) in [5, 5.41) is 22.6. The van der Waals surface area contributed by atoms with E-state index < -0.39 is 11.9 Å². The maximum Gasteiger partial charge on any atom is 0.311 e. The fourth-order valence-electron chi connectivity index (χ4n) is 2.30. The van der Waals surface area contributed by atoms with E-state index in [0.29, 0.717) is 28.8 Å². The van der Waals surface area contributed by atoms with Crippen molar-refractivity contribution in [3.63, 3.8) is 0 Å². The Morgan fingerprint density at radius 3 is 2.86 bits per heavy atom. The van der Waals surface area contributed by atoms with Crippen LogP contribution in [0.4, 0.5) is 0 Å². The van der Waals surface area contributed by atoms with Gasteiger partial charge in [-0.15, -0.1) is 0 Å². The average molecular weight is 284 g/mol. The molecule has 0 amide bonds. The van der Waals surface area contributed by atoms with Gasteiger partial charge in [-0.25, -0.2) is 0 Å². The van der Waals surface area contributed by atoms with Crippen molar-refractivity contribution in [3.05, 3.63) is 35.9 Å². The third-order valence-electron chi connectivity index (χ3n) is 3.39. The Morgan fingerprint density at radius 2 is 2.24 bits per heavy atom. The second kappa shape index (κ2) is 6.18. The number of carbonyl (C=O) groups is 1. The van der Waals surface area contributed by atoms with E-state index >= 15 is 0 Å². The Balaban J connectivity index is 2.46. The fourth-order valence-corrected chi connectivity index (χ4v) is 2.30. The third-order valence-corrected chi connectivity index (χ3v) is 3.39. The van der Waals surface area contributed by atoms with Gasteiger partial charge in [-0.2, -0.15) is 10.4 Å². The predicted octanol–water partition coefficient (Wildman–Crippen LogP) is 2.32. The van der Waals surface area contributed by atoms with Crippen LogP contribution in [0, 0.1) is 11.3 Å². The van der Waals surface area contributed by atoms with Crippen LogP contribution >= 0.6 is 0 Å². The van der Waals surface area contributed by atoms with Crippen LogP contribution in [0.25, 0.3) is 11.1 Å². The Labute approximate surface area is 122 Å². The molecule has 21 heavy (non-hydrogen) atoms. The van der Waals surface area contributed by atoms with E-state index in [2.05, 4.69) is 16.2 Å². The van der Waals surface area contributed by atoms with E-state index in [4.69, 9.17) is 0 Å². The topological polar surface area (TPSA) is 91.8 Å². The SMILES string of the molecule is CCCC(C(=O)O)c1cncc(-c2cnn(C)c2C#N)c1. The number of aromatic nitrogens is 3. The van der Waals surface area contributed by atoms with Gasteiger partial charge in [0.1, 0.15) is 11.8 Å². The standard InChI is InChI=1S/C15H16N4O2/c1-3-4-12(15(20)21)10-5-11(8-17-7-10)13-9-18-19(2)14(13)6-16/h5,7-9,12H,3-4H2,1-2H3,(H,20,21). The van der Waals surface area contributed by atoms with Crippen LogP contribution in [0.15, 0.2) is 24.7 Å². The molecule has 0 aliphatic heterocycles. The molecule has 0 spiro atoms. The number of hydrogen-bond donors (Lipinski definition) is 1. The summed E-state index contributed by atoms with van der Waals surface area (Å²) in [6, 6.07) is 3.87. The number of carboxylic acids is 1. The number of carboxylic acid groups (broad SMARTS) is 1. The number of pyridine rings is 1. The first-order valence-corrected chi connectivity index (χ1v) is 6.68. The summed E-state index contributed by atoms with van der Waals surface area (Å²) < 4.78 is 1.49. The molecular weight excluding hydrogens is 268 g/mol. The number of aliphatic carboxylic acids is 1. The molecule has 2 aromatic rings. The number of aryl methyl sites for hydroxylation is 1. The van der Waals surface area contributed by atoms with Crippen molar-refractivity contribution in [1.82, 2.24) is 14.8 Å². The number of nitriles is 1. The molecule has 1 unspecified atom stereocenters. The zero-order chi connectivity index (χ0) is 15.4. The highest BCUT2D eigenvalue weighted by atomic mass is 16.4. The van der Waals surface area contributed by atoms with Gasteiger partial charge in [0.15, 0.2) is 0 Å². The van der Waals surface area contributed by atoms with E-state index in [0.717, 1.165) is 6.42 Å². The minimum absolute atomic E-state index is 0.427. The molecule has 1 atom stereocenters. The van der Waals surface area contributed by atoms with Gasteiger partial charge in [0.05, 0.1) is 12.1 Å². The summed E-state index contributed by atoms with van der Waals surface area (Å²) in [7, 11) is 1.69. The van der Waals surface area contributed by atoms with Crippen molar-refractivity contribution in [1.29, 1.82) is 5.26 Å². The lowest BCUT2D eigenvalue weighted by atomic mass is 9.94. The molecule has 2 rings (SSSR count). The maximum atomic E-state index is 11.4. The highest BCUT2D eigenvalue weighted by Gasteiger charge is 2.20. The second-order valence-electron chi connectivity index (χ2n) is 4.83. The molecule has 0 aliphatic rings. The molecule has 108 valence electrons. The zero-order valence-electron chi connectivity index (χ0n) is 11.9. The summed E-state index contributed by atoms with van der Waals surface area (Å²) in [5.41, 5.74) is 2.44. The van der Waals surface area contributed by atoms with E-state index in [1.807, 2.05) is 6.92 Å². The highest BCUT2D eigenvalue weighted by Crippen LogP contribution is 2.27. The maximum absolute atomic E-state index is 11.4. The van der Waals surface area contributed by atoms with Crippen LogP contribution in [-0.4, -0.2) is 25.8 Å². The minimum atomic E-state index is -0.859. The monoisotopic (exact) mass is 284 g/mol. The summed E-state index contributed by atoms with van der Waals surface area (Å²) in [5.74, 6) is -1.44. The quantitative estimate of drug-likeness (QED) is 0.909. The van der Waals surface area contributed by atoms with E-state index in [1.54, 1.807) is 31.7 Å². The Morgan fingerprint density at radius 1 is 1.48 bits per heavy atom. The van der Waals surface area contributed by atoms with Gasteiger partial charge in [0, 0.05) is 30.6 Å². The third kappa shape index (κ3) is 2.92. The van der Waals surface area contributed by atoms with Crippen molar-refractivity contribution in [2.24, 2.45) is 7.05 Å². The van der Waals surface area contributed by atoms with Gasteiger partial charge >= 0.3 is 5.97 Å². The normalized spacial score (nSPS) is 11.9. The van der Waals surface area contributed by atoms with Crippen molar-refractivity contribution in [2.45, 2.75) is 25.7 Å². The van der Waals surface area contributed by atoms with Crippen LogP contribution in [0.1, 0.15) is 36.9 Å². The zero-order valence-corrected chi connectivity index (χ0v) is 11.9. The van der Waals surface area contributed by atoms with Crippen molar-refractivity contribution < 1.29 is 9.90 Å². The Hall–Kier alpha value is -2.68. The molecule has 6 nitrogen and oxygen atoms in total. The molecule has 1 N–H and O–H groups in total. The van der Waals surface area contributed by atoms with Crippen LogP contribution in [0.5, 0.6) is 0 Å². The Bertz CT molecular complexity index is 700. The number of hydrogen-bond acceptors (Lipinski definition) is 4. The van der Waals surface area contributed by atoms with Crippen LogP contribution in [0.2, 0.25) is 0 Å². The molecule has 0 aromatic carbocycles. The Kier molecular flexibility index (Phi) is 4.33. The molecule has 6 heteroatoms. The molecular formula is C15H16N4O2. The molecule has 0 bridgehead atoms. The molecule has 0 saturated heterocycles. The predicted molar refractivity (Wildman–Crippen MR) is 76.4 cm³/mol. The average Bonchev–Trinajstić information content (AvgIpc) is 2.85. The number of rotatable bonds is 5. The summed E-state index contributed by atoms with van der Waals surface area (Å²) in [6.45, 7) is 1.95. The first kappa shape index (κ1) is 14.7. The second-order valence-corrected chi connectivity index (χ2v) is 4.83. The van der Waals surface area contributed by atoms with Crippen LogP contribution < -0.4 is 0 Å². The van der Waals surface area contributed by atoms with Crippen molar-refractivity contribution in [2.75, 3.05) is 0 Å². The fraction of sp³-hybridized carbons (Fsp3) is 0.333. The number of nitrogens with zero attached hydrogens (tertiary/aromatic N) is 4. The summed E-state index contributed by atoms with van der Waals surface area (Å²) >= 11 is 0. The van der Waals surface area contributed by atoms with Gasteiger partial charge < -0.3 is 5.11 Å². The van der Waals surface area contributed by atoms with Crippen LogP contribution in [0.3, 0.4) is 0 Å². The lowest BCUT2D eigenvalue weighted by molar-refractivity contribution is -0.139. The minimum Gasteiger partial charge on any atom is -0.481 e. The molecule has 0 radical (unpaired) electrons. The van der Waals surface area contributed by atoms with E-state index in [9.17, 15) is 15.2 Å². The highest BCUT2D eigenvalue weighted by molar-refractivity contribution is 5.77. The van der Waals surface area contributed by atoms with Gasteiger partial charge in [0.25, 0.3) is 0 Å². The van der Waals surface area contributed by atoms with E-state index in [1.165, 1.54) is 4.68 Å². The summed E-state index contributed by atoms with van der Waals surface area (Å²) in [6.07, 6.45) is 6.11.